The molecule has 0 spiro atoms. The number of fused-ring (bicyclic) bond motifs is 2. The van der Waals surface area contributed by atoms with Gasteiger partial charge >= 0.3 is 0 Å². The van der Waals surface area contributed by atoms with Gasteiger partial charge in [0.1, 0.15) is 0 Å². The van der Waals surface area contributed by atoms with Crippen molar-refractivity contribution in [3.8, 4) is 0 Å². The minimum Gasteiger partial charge on any atom is -0.454 e. The van der Waals surface area contributed by atoms with Gasteiger partial charge in [-0.15, -0.1) is 0 Å². The van der Waals surface area contributed by atoms with Gasteiger partial charge < -0.3 is 4.90 Å². The molecule has 0 aromatic heterocycles. The fourth-order valence-electron chi connectivity index (χ4n) is 2.14. The Morgan fingerprint density at radius 3 is 2.70 bits per heavy atom. The van der Waals surface area contributed by atoms with Crippen molar-refractivity contribution in [1.29, 1.82) is 0 Å². The van der Waals surface area contributed by atoms with Crippen LogP contribution in [0.3, 0.4) is 0 Å². The van der Waals surface area contributed by atoms with Gasteiger partial charge in [-0.05, 0) is 19.5 Å². The van der Waals surface area contributed by atoms with E-state index >= 15 is 0 Å². The average Bonchev–Trinajstić information content (AvgIpc) is 2.19. The van der Waals surface area contributed by atoms with Gasteiger partial charge in [0.25, 0.3) is 0 Å². The van der Waals surface area contributed by atoms with Crippen LogP contribution in [0.2, 0.25) is 0 Å². The van der Waals surface area contributed by atoms with Gasteiger partial charge in [0, 0.05) is 20.4 Å². The molecule has 2 aliphatic heterocycles. The Kier molecular flexibility index (Phi) is 2.92. The molecule has 1 nitrogen and oxygen atoms in total. The van der Waals surface area contributed by atoms with Gasteiger partial charge in [0.2, 0.25) is 0 Å². The predicted molar refractivity (Wildman–Crippen MR) is 37.9 cm³/mol. The smallest absolute Gasteiger partial charge is 0 e. The summed E-state index contributed by atoms with van der Waals surface area (Å²) in [6.07, 6.45) is 7.10. The van der Waals surface area contributed by atoms with E-state index in [0.29, 0.717) is 0 Å². The molecule has 0 aromatic carbocycles. The average molecular weight is 310 g/mol. The maximum Gasteiger partial charge on any atom is 0 e. The summed E-state index contributed by atoms with van der Waals surface area (Å²) < 4.78 is 0. The quantitative estimate of drug-likeness (QED) is 0.617. The third-order valence-corrected chi connectivity index (χ3v) is 2.82. The van der Waals surface area contributed by atoms with Crippen LogP contribution in [0.15, 0.2) is 0 Å². The van der Waals surface area contributed by atoms with Gasteiger partial charge in [0.15, 0.2) is 0 Å². The third kappa shape index (κ3) is 1.30. The molecule has 0 N–H and O–H groups in total. The first-order valence-electron chi connectivity index (χ1n) is 3.95. The van der Waals surface area contributed by atoms with E-state index in [4.69, 9.17) is 0 Å². The number of hydrogen-bond acceptors (Lipinski definition) is 1. The third-order valence-electron chi connectivity index (χ3n) is 2.82. The number of rotatable bonds is 0. The summed E-state index contributed by atoms with van der Waals surface area (Å²) in [5.74, 6) is 0. The molecule has 0 amide bonds. The molecule has 59 valence electrons. The fraction of sp³-hybridized carbons (Fsp3) is 0.875. The molecule has 0 saturated carbocycles. The molecular weight excluding hydrogens is 296 g/mol. The van der Waals surface area contributed by atoms with Crippen molar-refractivity contribution in [3.05, 3.63) is 6.04 Å². The van der Waals surface area contributed by atoms with Crippen LogP contribution in [0, 0.1) is 6.04 Å². The monoisotopic (exact) mass is 311 g/mol. The van der Waals surface area contributed by atoms with E-state index in [1.807, 2.05) is 0 Å². The summed E-state index contributed by atoms with van der Waals surface area (Å²) in [6.45, 7) is 0. The van der Waals surface area contributed by atoms with E-state index in [1.54, 1.807) is 6.04 Å². The van der Waals surface area contributed by atoms with Crippen molar-refractivity contribution >= 4 is 0 Å². The van der Waals surface area contributed by atoms with E-state index < -0.39 is 0 Å². The molecule has 2 fully saturated rings. The van der Waals surface area contributed by atoms with Gasteiger partial charge in [0.05, 0.1) is 0 Å². The summed E-state index contributed by atoms with van der Waals surface area (Å²) >= 11 is 0. The molecule has 10 heavy (non-hydrogen) atoms. The molecule has 0 unspecified atom stereocenters. The van der Waals surface area contributed by atoms with Crippen LogP contribution in [-0.4, -0.2) is 18.0 Å². The van der Waals surface area contributed by atoms with Gasteiger partial charge in [-0.1, -0.05) is 12.8 Å². The summed E-state index contributed by atoms with van der Waals surface area (Å²) in [6, 6.07) is 2.64. The summed E-state index contributed by atoms with van der Waals surface area (Å²) in [5.41, 5.74) is 0. The standard InChI is InChI=1S/C8H14N.Re/c1-9-7-3-2-4-8(9)6-5-7;/h7H,2-6H2,1H3;/q-1;/t7-;/m1./s1. The van der Waals surface area contributed by atoms with E-state index in [2.05, 4.69) is 11.9 Å². The minimum absolute atomic E-state index is 0. The Hall–Kier alpha value is 0.622. The van der Waals surface area contributed by atoms with E-state index in [9.17, 15) is 0 Å². The van der Waals surface area contributed by atoms with E-state index in [-0.39, 0.29) is 20.4 Å². The van der Waals surface area contributed by atoms with Gasteiger partial charge in [-0.3, -0.25) is 6.04 Å². The topological polar surface area (TPSA) is 3.24 Å². The fourth-order valence-corrected chi connectivity index (χ4v) is 2.14. The summed E-state index contributed by atoms with van der Waals surface area (Å²) in [4.78, 5) is 2.50. The first kappa shape index (κ1) is 8.72. The molecule has 1 radical (unpaired) electrons. The zero-order valence-corrected chi connectivity index (χ0v) is 9.15. The largest absolute Gasteiger partial charge is 0.454 e. The normalized spacial score (nSPS) is 33.9. The predicted octanol–water partition coefficient (Wildman–Crippen LogP) is 1.79. The summed E-state index contributed by atoms with van der Waals surface area (Å²) in [7, 11) is 2.26. The number of piperidine rings is 1. The Balaban J connectivity index is 0.000000500. The van der Waals surface area contributed by atoms with Crippen molar-refractivity contribution in [2.45, 2.75) is 38.1 Å². The zero-order chi connectivity index (χ0) is 6.27. The first-order valence-corrected chi connectivity index (χ1v) is 3.95. The number of nitrogens with zero attached hydrogens (tertiary/aromatic N) is 1. The molecule has 2 heteroatoms. The maximum absolute atomic E-state index is 2.50. The van der Waals surface area contributed by atoms with Crippen molar-refractivity contribution < 1.29 is 20.4 Å². The second-order valence-electron chi connectivity index (χ2n) is 3.26. The van der Waals surface area contributed by atoms with Crippen LogP contribution in [0.25, 0.3) is 0 Å². The molecule has 2 bridgehead atoms. The Bertz CT molecular complexity index is 99.8. The molecule has 2 heterocycles. The first-order chi connectivity index (χ1) is 4.38. The van der Waals surface area contributed by atoms with E-state index in [0.717, 1.165) is 6.04 Å². The summed E-state index contributed by atoms with van der Waals surface area (Å²) in [5, 5.41) is 0. The van der Waals surface area contributed by atoms with Crippen LogP contribution in [0.4, 0.5) is 0 Å². The van der Waals surface area contributed by atoms with Gasteiger partial charge in [-0.25, -0.2) is 0 Å². The Morgan fingerprint density at radius 2 is 2.10 bits per heavy atom. The second-order valence-corrected chi connectivity index (χ2v) is 3.26. The zero-order valence-electron chi connectivity index (χ0n) is 6.44. The Labute approximate surface area is 76.8 Å². The Morgan fingerprint density at radius 1 is 1.30 bits per heavy atom. The van der Waals surface area contributed by atoms with Crippen LogP contribution < -0.4 is 0 Å². The van der Waals surface area contributed by atoms with Gasteiger partial charge in [-0.2, -0.15) is 12.8 Å². The van der Waals surface area contributed by atoms with Crippen molar-refractivity contribution in [1.82, 2.24) is 4.90 Å². The molecular formula is C8H14NRe-. The minimum atomic E-state index is 0. The van der Waals surface area contributed by atoms with Crippen LogP contribution in [-0.2, 0) is 20.4 Å². The van der Waals surface area contributed by atoms with Crippen molar-refractivity contribution in [2.75, 3.05) is 7.05 Å². The van der Waals surface area contributed by atoms with Crippen LogP contribution in [0.5, 0.6) is 0 Å². The van der Waals surface area contributed by atoms with Crippen LogP contribution >= 0.6 is 0 Å². The molecule has 2 rings (SSSR count). The molecule has 0 aliphatic carbocycles. The SMILES string of the molecule is CN1[C-]2CCC[C@@H]1CC2.[Re]. The van der Waals surface area contributed by atoms with Crippen molar-refractivity contribution in [2.24, 2.45) is 0 Å². The maximum atomic E-state index is 2.50. The molecule has 0 aromatic rings. The van der Waals surface area contributed by atoms with Crippen LogP contribution in [0.1, 0.15) is 32.1 Å². The molecule has 1 atom stereocenters. The molecule has 2 aliphatic rings. The molecule has 2 saturated heterocycles. The second kappa shape index (κ2) is 3.35. The van der Waals surface area contributed by atoms with E-state index in [1.165, 1.54) is 32.1 Å². The number of hydrogen-bond donors (Lipinski definition) is 0. The van der Waals surface area contributed by atoms with Crippen molar-refractivity contribution in [3.63, 3.8) is 0 Å².